The Kier molecular flexibility index (Phi) is 11.2. The van der Waals surface area contributed by atoms with E-state index < -0.39 is 47.5 Å². The first-order valence-electron chi connectivity index (χ1n) is 16.6. The van der Waals surface area contributed by atoms with Crippen molar-refractivity contribution in [2.45, 2.75) is 38.4 Å². The van der Waals surface area contributed by atoms with Crippen molar-refractivity contribution in [3.05, 3.63) is 76.8 Å². The van der Waals surface area contributed by atoms with E-state index in [1.54, 1.807) is 50.2 Å². The highest BCUT2D eigenvalue weighted by atomic mass is 35.5. The number of nitrogens with zero attached hydrogens (tertiary/aromatic N) is 5. The Labute approximate surface area is 320 Å². The van der Waals surface area contributed by atoms with Gasteiger partial charge < -0.3 is 30.7 Å². The van der Waals surface area contributed by atoms with Crippen LogP contribution in [0.5, 0.6) is 11.9 Å². The molecule has 0 radical (unpaired) electrons. The Morgan fingerprint density at radius 2 is 1.55 bits per heavy atom. The fourth-order valence-electron chi connectivity index (χ4n) is 5.11. The number of pyridine rings is 1. The van der Waals surface area contributed by atoms with Gasteiger partial charge in [-0.1, -0.05) is 48.9 Å². The predicted octanol–water partition coefficient (Wildman–Crippen LogP) is 5.84. The third-order valence-corrected chi connectivity index (χ3v) is 9.33. The lowest BCUT2D eigenvalue weighted by molar-refractivity contribution is -0.154. The molecule has 3 amide bonds. The fourth-order valence-corrected chi connectivity index (χ4v) is 6.06. The van der Waals surface area contributed by atoms with Gasteiger partial charge in [0.25, 0.3) is 5.91 Å². The zero-order valence-corrected chi connectivity index (χ0v) is 31.1. The van der Waals surface area contributed by atoms with E-state index in [1.807, 2.05) is 12.1 Å². The molecule has 3 aromatic heterocycles. The second-order valence-corrected chi connectivity index (χ2v) is 14.7. The second kappa shape index (κ2) is 15.9. The first kappa shape index (κ1) is 38.9. The van der Waals surface area contributed by atoms with E-state index in [0.717, 1.165) is 29.7 Å². The molecule has 6 rings (SSSR count). The van der Waals surface area contributed by atoms with Gasteiger partial charge in [-0.25, -0.2) is 9.97 Å². The molecule has 2 aromatic carbocycles. The third kappa shape index (κ3) is 10.4. The summed E-state index contributed by atoms with van der Waals surface area (Å²) in [6.45, 7) is 2.23. The van der Waals surface area contributed by atoms with Gasteiger partial charge in [0.2, 0.25) is 17.8 Å². The standard InChI is InChI=1S/C35H34ClF3N10O5S/c1-33(2,17-41-26(51)27(52)45-32-43-23-12-13-24(53-3)44-28(23)55-32)16-40-25(50)19-4-10-22(11-5-19)42-29-46-30(48-31(47-29)54-18-35(37,38)39)49-34(14-15-34)20-6-8-21(36)9-7-20/h4-13H,14-18H2,1-3H3,(H,40,50)(H,41,51)(H,43,45,52)(H2,42,46,47,48,49). The van der Waals surface area contributed by atoms with Gasteiger partial charge >= 0.3 is 24.0 Å². The number of carbonyl (C=O) groups excluding carboxylic acids is 3. The molecule has 5 N–H and O–H groups in total. The lowest BCUT2D eigenvalue weighted by atomic mass is 9.93. The van der Waals surface area contributed by atoms with Gasteiger partial charge in [0.15, 0.2) is 11.7 Å². The van der Waals surface area contributed by atoms with Crippen molar-refractivity contribution < 1.29 is 37.0 Å². The molecular formula is C35H34ClF3N10O5S. The molecule has 1 saturated carbocycles. The zero-order valence-electron chi connectivity index (χ0n) is 29.5. The van der Waals surface area contributed by atoms with Crippen molar-refractivity contribution in [3.8, 4) is 11.9 Å². The minimum Gasteiger partial charge on any atom is -0.481 e. The molecule has 20 heteroatoms. The molecule has 0 spiro atoms. The maximum atomic E-state index is 13.0. The summed E-state index contributed by atoms with van der Waals surface area (Å²) in [6.07, 6.45) is -3.15. The lowest BCUT2D eigenvalue weighted by Gasteiger charge is -2.25. The van der Waals surface area contributed by atoms with Gasteiger partial charge in [-0.15, -0.1) is 0 Å². The smallest absolute Gasteiger partial charge is 0.422 e. The van der Waals surface area contributed by atoms with Crippen LogP contribution in [-0.2, 0) is 15.1 Å². The van der Waals surface area contributed by atoms with Crippen LogP contribution >= 0.6 is 22.9 Å². The van der Waals surface area contributed by atoms with Crippen LogP contribution in [0, 0.1) is 5.41 Å². The maximum absolute atomic E-state index is 13.0. The minimum atomic E-state index is -4.61. The van der Waals surface area contributed by atoms with E-state index >= 15 is 0 Å². The molecule has 1 aliphatic rings. The number of hydrogen-bond donors (Lipinski definition) is 5. The molecule has 288 valence electrons. The average Bonchev–Trinajstić information content (AvgIpc) is 3.81. The van der Waals surface area contributed by atoms with Crippen molar-refractivity contribution in [3.63, 3.8) is 0 Å². The average molecular weight is 799 g/mol. The number of fused-ring (bicyclic) bond motifs is 1. The van der Waals surface area contributed by atoms with Crippen molar-refractivity contribution in [2.24, 2.45) is 5.41 Å². The number of carbonyl (C=O) groups is 3. The first-order valence-corrected chi connectivity index (χ1v) is 17.8. The number of thiazole rings is 1. The summed E-state index contributed by atoms with van der Waals surface area (Å²) in [5.74, 6) is -1.88. The molecule has 55 heavy (non-hydrogen) atoms. The van der Waals surface area contributed by atoms with Crippen LogP contribution in [-0.4, -0.2) is 75.6 Å². The highest BCUT2D eigenvalue weighted by molar-refractivity contribution is 7.22. The third-order valence-electron chi connectivity index (χ3n) is 8.20. The van der Waals surface area contributed by atoms with Crippen LogP contribution in [0.2, 0.25) is 5.02 Å². The SMILES string of the molecule is COc1ccc2nc(NC(=O)C(=O)NCC(C)(C)CNC(=O)c3ccc(Nc4nc(NC5(c6ccc(Cl)cc6)CC5)nc(OCC(F)(F)F)n4)cc3)sc2n1. The van der Waals surface area contributed by atoms with Crippen molar-refractivity contribution >= 4 is 73.7 Å². The number of alkyl halides is 3. The van der Waals surface area contributed by atoms with Gasteiger partial charge in [0.05, 0.1) is 12.6 Å². The van der Waals surface area contributed by atoms with E-state index in [4.69, 9.17) is 21.1 Å². The number of halogens is 4. The molecule has 0 bridgehead atoms. The maximum Gasteiger partial charge on any atom is 0.422 e. The highest BCUT2D eigenvalue weighted by Crippen LogP contribution is 2.48. The van der Waals surface area contributed by atoms with Gasteiger partial charge in [-0.05, 0) is 66.3 Å². The van der Waals surface area contributed by atoms with Gasteiger partial charge in [0.1, 0.15) is 10.3 Å². The Bertz CT molecular complexity index is 2200. The van der Waals surface area contributed by atoms with Crippen LogP contribution in [0.4, 0.5) is 35.9 Å². The largest absolute Gasteiger partial charge is 0.481 e. The molecule has 3 heterocycles. The van der Waals surface area contributed by atoms with Crippen LogP contribution in [0.15, 0.2) is 60.7 Å². The topological polar surface area (TPSA) is 194 Å². The molecule has 1 aliphatic carbocycles. The summed E-state index contributed by atoms with van der Waals surface area (Å²) < 4.78 is 48.8. The van der Waals surface area contributed by atoms with E-state index in [-0.39, 0.29) is 30.1 Å². The lowest BCUT2D eigenvalue weighted by Crippen LogP contribution is -2.44. The van der Waals surface area contributed by atoms with Crippen molar-refractivity contribution in [1.82, 2.24) is 35.6 Å². The van der Waals surface area contributed by atoms with E-state index in [9.17, 15) is 27.6 Å². The summed E-state index contributed by atoms with van der Waals surface area (Å²) in [4.78, 5) is 59.5. The minimum absolute atomic E-state index is 0.00433. The number of anilines is 4. The summed E-state index contributed by atoms with van der Waals surface area (Å²) in [5, 5.41) is 14.8. The highest BCUT2D eigenvalue weighted by Gasteiger charge is 2.45. The number of aromatic nitrogens is 5. The first-order chi connectivity index (χ1) is 26.1. The number of nitrogens with one attached hydrogen (secondary N) is 5. The molecule has 0 aliphatic heterocycles. The Balaban J connectivity index is 1.02. The van der Waals surface area contributed by atoms with Crippen molar-refractivity contribution in [2.75, 3.05) is 42.8 Å². The zero-order chi connectivity index (χ0) is 39.4. The van der Waals surface area contributed by atoms with Crippen molar-refractivity contribution in [1.29, 1.82) is 0 Å². The summed E-state index contributed by atoms with van der Waals surface area (Å²) in [6, 6.07) is 16.2. The molecule has 0 saturated heterocycles. The van der Waals surface area contributed by atoms with Gasteiger partial charge in [-0.3, -0.25) is 19.7 Å². The molecular weight excluding hydrogens is 765 g/mol. The molecule has 1 fully saturated rings. The van der Waals surface area contributed by atoms with Crippen LogP contribution in [0.25, 0.3) is 10.3 Å². The van der Waals surface area contributed by atoms with E-state index in [1.165, 1.54) is 19.2 Å². The second-order valence-electron chi connectivity index (χ2n) is 13.3. The summed E-state index contributed by atoms with van der Waals surface area (Å²) in [7, 11) is 1.48. The van der Waals surface area contributed by atoms with Crippen LogP contribution in [0.1, 0.15) is 42.6 Å². The van der Waals surface area contributed by atoms with Gasteiger partial charge in [-0.2, -0.15) is 28.1 Å². The number of amides is 3. The Morgan fingerprint density at radius 1 is 0.855 bits per heavy atom. The normalized spacial score (nSPS) is 13.4. The Morgan fingerprint density at radius 3 is 2.22 bits per heavy atom. The van der Waals surface area contributed by atoms with E-state index in [2.05, 4.69) is 51.5 Å². The predicted molar refractivity (Wildman–Crippen MR) is 199 cm³/mol. The summed E-state index contributed by atoms with van der Waals surface area (Å²) >= 11 is 7.13. The molecule has 15 nitrogen and oxygen atoms in total. The van der Waals surface area contributed by atoms with Crippen LogP contribution < -0.4 is 36.1 Å². The molecule has 0 atom stereocenters. The van der Waals surface area contributed by atoms with E-state index in [0.29, 0.717) is 32.5 Å². The quantitative estimate of drug-likeness (QED) is 0.0845. The number of rotatable bonds is 14. The number of hydrogen-bond acceptors (Lipinski definition) is 13. The molecule has 5 aromatic rings. The Hall–Kier alpha value is -5.82. The van der Waals surface area contributed by atoms with Crippen LogP contribution in [0.3, 0.4) is 0 Å². The molecule has 0 unspecified atom stereocenters. The number of methoxy groups -OCH3 is 1. The fraction of sp³-hybridized carbons (Fsp3) is 0.314. The number of benzene rings is 2. The van der Waals surface area contributed by atoms with Gasteiger partial charge in [0, 0.05) is 35.4 Å². The summed E-state index contributed by atoms with van der Waals surface area (Å²) in [5.41, 5.74) is 1.01. The number of ether oxygens (including phenoxy) is 2. The monoisotopic (exact) mass is 798 g/mol.